The van der Waals surface area contributed by atoms with Gasteiger partial charge in [0.15, 0.2) is 0 Å². The van der Waals surface area contributed by atoms with Crippen LogP contribution in [0.3, 0.4) is 0 Å². The average Bonchev–Trinajstić information content (AvgIpc) is 2.59. The topological polar surface area (TPSA) is 71.0 Å². The van der Waals surface area contributed by atoms with Crippen molar-refractivity contribution < 1.29 is 19.7 Å². The third-order valence-electron chi connectivity index (χ3n) is 2.74. The highest BCUT2D eigenvalue weighted by Crippen LogP contribution is 2.18. The lowest BCUT2D eigenvalue weighted by Gasteiger charge is -2.05. The maximum atomic E-state index is 9.09. The number of ether oxygens (including phenoxy) is 2. The monoisotopic (exact) mass is 353 g/mol. The van der Waals surface area contributed by atoms with Gasteiger partial charge in [0.05, 0.1) is 26.4 Å². The summed E-state index contributed by atoms with van der Waals surface area (Å²) in [6.07, 6.45) is 0. The Kier molecular flexibility index (Phi) is 13.8. The number of nitrogens with one attached hydrogen (secondary N) is 1. The van der Waals surface area contributed by atoms with Gasteiger partial charge in [-0.05, 0) is 43.3 Å². The summed E-state index contributed by atoms with van der Waals surface area (Å²) >= 11 is 0. The van der Waals surface area contributed by atoms with Crippen LogP contribution in [0.25, 0.3) is 0 Å². The first kappa shape index (κ1) is 22.3. The van der Waals surface area contributed by atoms with Gasteiger partial charge in [-0.2, -0.15) is 13.5 Å². The van der Waals surface area contributed by atoms with Crippen molar-refractivity contribution in [2.75, 3.05) is 38.4 Å². The van der Waals surface area contributed by atoms with Gasteiger partial charge in [-0.25, -0.2) is 0 Å². The van der Waals surface area contributed by atoms with Gasteiger partial charge < -0.3 is 25.0 Å². The first-order valence-electron chi connectivity index (χ1n) is 7.63. The van der Waals surface area contributed by atoms with Crippen LogP contribution in [0.2, 0.25) is 0 Å². The molecule has 2 aromatic rings. The molecule has 0 heterocycles. The second-order valence-electron chi connectivity index (χ2n) is 4.57. The minimum Gasteiger partial charge on any atom is -0.508 e. The molecule has 0 aliphatic rings. The molecule has 0 amide bonds. The van der Waals surface area contributed by atoms with Crippen molar-refractivity contribution in [2.24, 2.45) is 0 Å². The molecule has 134 valence electrons. The zero-order valence-corrected chi connectivity index (χ0v) is 14.9. The largest absolute Gasteiger partial charge is 0.508 e. The molecule has 5 nitrogen and oxygen atoms in total. The number of hydrogen-bond acceptors (Lipinski definition) is 5. The fraction of sp³-hybridized carbons (Fsp3) is 0.333. The molecule has 3 N–H and O–H groups in total. The Morgan fingerprint density at radius 3 is 2.00 bits per heavy atom. The van der Waals surface area contributed by atoms with E-state index in [9.17, 15) is 0 Å². The predicted molar refractivity (Wildman–Crippen MR) is 103 cm³/mol. The number of benzene rings is 2. The molecule has 0 aliphatic heterocycles. The minimum absolute atomic E-state index is 0. The summed E-state index contributed by atoms with van der Waals surface area (Å²) in [5.74, 6) is 0.281. The van der Waals surface area contributed by atoms with E-state index >= 15 is 0 Å². The van der Waals surface area contributed by atoms with Crippen molar-refractivity contribution in [2.45, 2.75) is 6.92 Å². The predicted octanol–water partition coefficient (Wildman–Crippen LogP) is 3.28. The van der Waals surface area contributed by atoms with Crippen LogP contribution in [-0.4, -0.2) is 43.2 Å². The lowest BCUT2D eigenvalue weighted by Crippen LogP contribution is -2.06. The van der Waals surface area contributed by atoms with Crippen LogP contribution >= 0.6 is 13.5 Å². The van der Waals surface area contributed by atoms with Crippen LogP contribution in [0, 0.1) is 0 Å². The van der Waals surface area contributed by atoms with Gasteiger partial charge in [0, 0.05) is 18.0 Å². The maximum Gasteiger partial charge on any atom is 0.115 e. The first-order chi connectivity index (χ1) is 11.3. The van der Waals surface area contributed by atoms with Gasteiger partial charge in [-0.3, -0.25) is 0 Å². The molecule has 2 rings (SSSR count). The molecule has 0 atom stereocenters. The number of aromatic hydroxyl groups is 1. The standard InChI is InChI=1S/C12H11NO.C6H14O3.H2S/c14-12-8-6-11(7-9-12)13-10-4-2-1-3-5-10;1-2-8-5-6-9-4-3-7;/h1-9,13-14H;7H,2-6H2,1H3;1H2. The second kappa shape index (κ2) is 14.8. The highest BCUT2D eigenvalue weighted by Gasteiger charge is 1.92. The summed E-state index contributed by atoms with van der Waals surface area (Å²) in [5.41, 5.74) is 2.01. The normalized spacial score (nSPS) is 9.42. The average molecular weight is 353 g/mol. The Labute approximate surface area is 150 Å². The number of rotatable bonds is 8. The fourth-order valence-electron chi connectivity index (χ4n) is 1.66. The van der Waals surface area contributed by atoms with Crippen LogP contribution in [0.15, 0.2) is 54.6 Å². The molecule has 0 aromatic heterocycles. The van der Waals surface area contributed by atoms with Gasteiger partial charge in [-0.1, -0.05) is 18.2 Å². The van der Waals surface area contributed by atoms with Crippen LogP contribution in [0.4, 0.5) is 11.4 Å². The number of phenolic OH excluding ortho intramolecular Hbond substituents is 1. The first-order valence-corrected chi connectivity index (χ1v) is 7.63. The Morgan fingerprint density at radius 2 is 1.42 bits per heavy atom. The second-order valence-corrected chi connectivity index (χ2v) is 4.57. The molecule has 0 fully saturated rings. The number of aliphatic hydroxyl groups is 1. The SMILES string of the molecule is CCOCCOCCO.Oc1ccc(Nc2ccccc2)cc1.S. The Morgan fingerprint density at radius 1 is 0.833 bits per heavy atom. The molecule has 0 saturated carbocycles. The summed E-state index contributed by atoms with van der Waals surface area (Å²) in [5, 5.41) is 20.6. The smallest absolute Gasteiger partial charge is 0.115 e. The third kappa shape index (κ3) is 10.9. The highest BCUT2D eigenvalue weighted by atomic mass is 32.1. The van der Waals surface area contributed by atoms with E-state index in [2.05, 4.69) is 5.32 Å². The van der Waals surface area contributed by atoms with Gasteiger partial charge in [0.25, 0.3) is 0 Å². The zero-order valence-electron chi connectivity index (χ0n) is 13.9. The molecule has 0 radical (unpaired) electrons. The van der Waals surface area contributed by atoms with E-state index < -0.39 is 0 Å². The minimum atomic E-state index is 0. The maximum absolute atomic E-state index is 9.09. The summed E-state index contributed by atoms with van der Waals surface area (Å²) < 4.78 is 9.88. The van der Waals surface area contributed by atoms with Crippen LogP contribution in [0.5, 0.6) is 5.75 Å². The lowest BCUT2D eigenvalue weighted by atomic mass is 10.2. The van der Waals surface area contributed by atoms with E-state index in [0.717, 1.165) is 18.0 Å². The quantitative estimate of drug-likeness (QED) is 0.502. The number of para-hydroxylation sites is 1. The molecule has 2 aromatic carbocycles. The van der Waals surface area contributed by atoms with Crippen LogP contribution < -0.4 is 5.32 Å². The van der Waals surface area contributed by atoms with Crippen molar-refractivity contribution in [1.29, 1.82) is 0 Å². The molecule has 0 unspecified atom stereocenters. The van der Waals surface area contributed by atoms with E-state index in [0.29, 0.717) is 19.8 Å². The number of phenols is 1. The zero-order chi connectivity index (χ0) is 16.8. The Bertz CT molecular complexity index is 502. The summed E-state index contributed by atoms with van der Waals surface area (Å²) in [4.78, 5) is 0. The lowest BCUT2D eigenvalue weighted by molar-refractivity contribution is 0.0370. The van der Waals surface area contributed by atoms with Crippen molar-refractivity contribution in [1.82, 2.24) is 0 Å². The molecular formula is C18H27NO4S. The summed E-state index contributed by atoms with van der Waals surface area (Å²) in [7, 11) is 0. The molecule has 0 spiro atoms. The van der Waals surface area contributed by atoms with Crippen molar-refractivity contribution in [3.05, 3.63) is 54.6 Å². The molecular weight excluding hydrogens is 326 g/mol. The Hall–Kier alpha value is -1.73. The van der Waals surface area contributed by atoms with Crippen molar-refractivity contribution in [3.63, 3.8) is 0 Å². The summed E-state index contributed by atoms with van der Waals surface area (Å²) in [6.45, 7) is 4.36. The van der Waals surface area contributed by atoms with Crippen LogP contribution in [-0.2, 0) is 9.47 Å². The third-order valence-corrected chi connectivity index (χ3v) is 2.74. The van der Waals surface area contributed by atoms with E-state index in [1.165, 1.54) is 0 Å². The summed E-state index contributed by atoms with van der Waals surface area (Å²) in [6, 6.07) is 16.9. The van der Waals surface area contributed by atoms with E-state index in [1.807, 2.05) is 49.4 Å². The Balaban J connectivity index is 0.000000468. The van der Waals surface area contributed by atoms with Gasteiger partial charge in [0.1, 0.15) is 5.75 Å². The molecule has 24 heavy (non-hydrogen) atoms. The van der Waals surface area contributed by atoms with Gasteiger partial charge >= 0.3 is 0 Å². The van der Waals surface area contributed by atoms with E-state index in [1.54, 1.807) is 12.1 Å². The van der Waals surface area contributed by atoms with Gasteiger partial charge in [0.2, 0.25) is 0 Å². The van der Waals surface area contributed by atoms with Crippen LogP contribution in [0.1, 0.15) is 6.92 Å². The van der Waals surface area contributed by atoms with E-state index in [4.69, 9.17) is 19.7 Å². The number of aliphatic hydroxyl groups excluding tert-OH is 1. The number of anilines is 2. The molecule has 0 saturated heterocycles. The molecule has 0 aliphatic carbocycles. The van der Waals surface area contributed by atoms with E-state index in [-0.39, 0.29) is 25.9 Å². The van der Waals surface area contributed by atoms with Gasteiger partial charge in [-0.15, -0.1) is 0 Å². The number of hydrogen-bond donors (Lipinski definition) is 3. The highest BCUT2D eigenvalue weighted by molar-refractivity contribution is 7.59. The van der Waals surface area contributed by atoms with Crippen molar-refractivity contribution >= 4 is 24.9 Å². The molecule has 6 heteroatoms. The van der Waals surface area contributed by atoms with Crippen molar-refractivity contribution in [3.8, 4) is 5.75 Å². The fourth-order valence-corrected chi connectivity index (χ4v) is 1.66. The molecule has 0 bridgehead atoms.